The highest BCUT2D eigenvalue weighted by atomic mass is 16.2. The second kappa shape index (κ2) is 11.9. The number of carbonyl (C=O) groups is 1. The Morgan fingerprint density at radius 1 is 1.14 bits per heavy atom. The summed E-state index contributed by atoms with van der Waals surface area (Å²) in [5.41, 5.74) is 2.37. The fourth-order valence-electron chi connectivity index (χ4n) is 2.79. The van der Waals surface area contributed by atoms with E-state index in [0.717, 1.165) is 23.3 Å². The van der Waals surface area contributed by atoms with Gasteiger partial charge in [0.15, 0.2) is 0 Å². The van der Waals surface area contributed by atoms with E-state index in [2.05, 4.69) is 75.1 Å². The van der Waals surface area contributed by atoms with Crippen molar-refractivity contribution in [2.75, 3.05) is 0 Å². The number of carbonyl (C=O) groups excluding carboxylic acids is 1. The van der Waals surface area contributed by atoms with Gasteiger partial charge in [-0.1, -0.05) is 77.0 Å². The van der Waals surface area contributed by atoms with Crippen LogP contribution in [0.4, 0.5) is 0 Å². The molecule has 150 valence electrons. The van der Waals surface area contributed by atoms with Gasteiger partial charge in [-0.15, -0.1) is 0 Å². The van der Waals surface area contributed by atoms with E-state index in [4.69, 9.17) is 0 Å². The summed E-state index contributed by atoms with van der Waals surface area (Å²) >= 11 is 0. The molecule has 0 aromatic heterocycles. The third-order valence-corrected chi connectivity index (χ3v) is 4.64. The molecule has 0 spiro atoms. The van der Waals surface area contributed by atoms with Gasteiger partial charge in [-0.2, -0.15) is 0 Å². The standard InChI is InChI=1S/C25H34N2O/c1-8-19(5)22(17-26-9-2)15-14-21(7)27-25(28)24-16-23(24)20(6)13-11-10-12-18(3)4/h8-15,17-18,20,23-24H,1-2,5,16H2,3-4,6-7H3,(H,27,28)/b12-10-,13-11-,21-14+,22-15-,26-17-. The number of hydrogen-bond acceptors (Lipinski definition) is 2. The van der Waals surface area contributed by atoms with Crippen molar-refractivity contribution in [3.05, 3.63) is 85.3 Å². The lowest BCUT2D eigenvalue weighted by atomic mass is 10.0. The van der Waals surface area contributed by atoms with Gasteiger partial charge in [0, 0.05) is 24.0 Å². The van der Waals surface area contributed by atoms with Crippen molar-refractivity contribution >= 4 is 12.1 Å². The molecule has 3 atom stereocenters. The van der Waals surface area contributed by atoms with E-state index >= 15 is 0 Å². The number of hydrogen-bond donors (Lipinski definition) is 1. The molecule has 3 nitrogen and oxygen atoms in total. The topological polar surface area (TPSA) is 41.5 Å². The molecular formula is C25H34N2O. The normalized spacial score (nSPS) is 21.5. The van der Waals surface area contributed by atoms with Crippen molar-refractivity contribution < 1.29 is 4.79 Å². The van der Waals surface area contributed by atoms with Gasteiger partial charge in [-0.05, 0) is 48.3 Å². The summed E-state index contributed by atoms with van der Waals surface area (Å²) in [6.45, 7) is 19.6. The molecule has 0 heterocycles. The lowest BCUT2D eigenvalue weighted by Crippen LogP contribution is -2.24. The Labute approximate surface area is 170 Å². The van der Waals surface area contributed by atoms with Gasteiger partial charge in [-0.25, -0.2) is 0 Å². The zero-order valence-electron chi connectivity index (χ0n) is 17.7. The Morgan fingerprint density at radius 3 is 2.43 bits per heavy atom. The summed E-state index contributed by atoms with van der Waals surface area (Å²) in [5.74, 6) is 1.55. The molecule has 0 radical (unpaired) electrons. The van der Waals surface area contributed by atoms with Crippen molar-refractivity contribution in [1.29, 1.82) is 0 Å². The third-order valence-electron chi connectivity index (χ3n) is 4.64. The quantitative estimate of drug-likeness (QED) is 0.351. The van der Waals surface area contributed by atoms with Crippen LogP contribution in [0.5, 0.6) is 0 Å². The first kappa shape index (κ1) is 23.4. The molecule has 3 heteroatoms. The Morgan fingerprint density at radius 2 is 1.82 bits per heavy atom. The molecular weight excluding hydrogens is 344 g/mol. The first-order valence-corrected chi connectivity index (χ1v) is 9.80. The number of allylic oxidation sites excluding steroid dienone is 10. The van der Waals surface area contributed by atoms with E-state index in [9.17, 15) is 4.79 Å². The predicted octanol–water partition coefficient (Wildman–Crippen LogP) is 5.93. The highest BCUT2D eigenvalue weighted by Crippen LogP contribution is 2.45. The number of amides is 1. The molecule has 1 aliphatic carbocycles. The molecule has 0 aliphatic heterocycles. The maximum Gasteiger partial charge on any atom is 0.227 e. The van der Waals surface area contributed by atoms with Crippen LogP contribution in [0.3, 0.4) is 0 Å². The smallest absolute Gasteiger partial charge is 0.227 e. The van der Waals surface area contributed by atoms with Crippen LogP contribution in [-0.2, 0) is 4.79 Å². The highest BCUT2D eigenvalue weighted by molar-refractivity contribution is 5.86. The molecule has 0 aromatic carbocycles. The average Bonchev–Trinajstić information content (AvgIpc) is 3.45. The molecule has 1 saturated carbocycles. The van der Waals surface area contributed by atoms with Crippen LogP contribution >= 0.6 is 0 Å². The molecule has 0 aromatic rings. The van der Waals surface area contributed by atoms with Crippen molar-refractivity contribution in [3.8, 4) is 0 Å². The Hall–Kier alpha value is -2.68. The monoisotopic (exact) mass is 378 g/mol. The Balaban J connectivity index is 2.63. The van der Waals surface area contributed by atoms with Crippen molar-refractivity contribution in [1.82, 2.24) is 5.32 Å². The van der Waals surface area contributed by atoms with Crippen LogP contribution in [0.1, 0.15) is 34.1 Å². The first-order valence-electron chi connectivity index (χ1n) is 9.80. The van der Waals surface area contributed by atoms with E-state index < -0.39 is 0 Å². The predicted molar refractivity (Wildman–Crippen MR) is 122 cm³/mol. The Kier molecular flexibility index (Phi) is 9.94. The summed E-state index contributed by atoms with van der Waals surface area (Å²) in [6, 6.07) is 0. The van der Waals surface area contributed by atoms with Gasteiger partial charge in [0.2, 0.25) is 5.91 Å². The number of nitrogens with one attached hydrogen (secondary N) is 1. The lowest BCUT2D eigenvalue weighted by molar-refractivity contribution is -0.122. The molecule has 1 fully saturated rings. The summed E-state index contributed by atoms with van der Waals surface area (Å²) in [5, 5.41) is 3.00. The highest BCUT2D eigenvalue weighted by Gasteiger charge is 2.45. The van der Waals surface area contributed by atoms with Gasteiger partial charge < -0.3 is 5.32 Å². The van der Waals surface area contributed by atoms with Gasteiger partial charge in [0.05, 0.1) is 0 Å². The molecule has 0 bridgehead atoms. The van der Waals surface area contributed by atoms with Crippen LogP contribution in [0.2, 0.25) is 0 Å². The number of nitrogens with zero attached hydrogens (tertiary/aromatic N) is 1. The van der Waals surface area contributed by atoms with Crippen molar-refractivity contribution in [2.24, 2.45) is 28.7 Å². The van der Waals surface area contributed by atoms with Crippen LogP contribution in [-0.4, -0.2) is 12.1 Å². The number of rotatable bonds is 11. The zero-order chi connectivity index (χ0) is 21.1. The minimum absolute atomic E-state index is 0.0889. The molecule has 1 N–H and O–H groups in total. The van der Waals surface area contributed by atoms with E-state index in [0.29, 0.717) is 17.8 Å². The maximum atomic E-state index is 12.5. The zero-order valence-corrected chi connectivity index (χ0v) is 17.7. The average molecular weight is 379 g/mol. The maximum absolute atomic E-state index is 12.5. The lowest BCUT2D eigenvalue weighted by Gasteiger charge is -2.07. The third kappa shape index (κ3) is 8.34. The summed E-state index contributed by atoms with van der Waals surface area (Å²) < 4.78 is 0. The van der Waals surface area contributed by atoms with Gasteiger partial charge in [-0.3, -0.25) is 9.79 Å². The number of aliphatic imine (C=N–C) groups is 1. The molecule has 3 unspecified atom stereocenters. The fraction of sp³-hybridized carbons (Fsp3) is 0.360. The molecule has 1 aliphatic rings. The first-order chi connectivity index (χ1) is 13.3. The largest absolute Gasteiger partial charge is 0.330 e. The summed E-state index contributed by atoms with van der Waals surface area (Å²) in [4.78, 5) is 16.5. The summed E-state index contributed by atoms with van der Waals surface area (Å²) in [7, 11) is 0. The van der Waals surface area contributed by atoms with E-state index in [1.807, 2.05) is 19.1 Å². The van der Waals surface area contributed by atoms with Crippen molar-refractivity contribution in [2.45, 2.75) is 34.1 Å². The molecule has 1 rings (SSSR count). The van der Waals surface area contributed by atoms with E-state index in [1.165, 1.54) is 6.20 Å². The van der Waals surface area contributed by atoms with Crippen LogP contribution in [0.25, 0.3) is 0 Å². The SMILES string of the molecule is C=C\N=C/C(=C/C=C(\C)NC(=O)C1CC1C(C)/C=C\C=C/C(C)C)C(=C)C=C. The van der Waals surface area contributed by atoms with Crippen LogP contribution in [0, 0.1) is 23.7 Å². The molecule has 1 amide bonds. The summed E-state index contributed by atoms with van der Waals surface area (Å²) in [6.07, 6.45) is 18.0. The van der Waals surface area contributed by atoms with Gasteiger partial charge in [0.25, 0.3) is 0 Å². The molecule has 0 saturated heterocycles. The van der Waals surface area contributed by atoms with E-state index in [-0.39, 0.29) is 11.8 Å². The second-order valence-electron chi connectivity index (χ2n) is 7.53. The minimum atomic E-state index is 0.0889. The van der Waals surface area contributed by atoms with E-state index in [1.54, 1.807) is 12.3 Å². The minimum Gasteiger partial charge on any atom is -0.330 e. The van der Waals surface area contributed by atoms with Gasteiger partial charge in [0.1, 0.15) is 0 Å². The van der Waals surface area contributed by atoms with Crippen LogP contribution < -0.4 is 5.32 Å². The van der Waals surface area contributed by atoms with Crippen molar-refractivity contribution in [3.63, 3.8) is 0 Å². The molecule has 28 heavy (non-hydrogen) atoms. The van der Waals surface area contributed by atoms with Gasteiger partial charge >= 0.3 is 0 Å². The van der Waals surface area contributed by atoms with Crippen LogP contribution in [0.15, 0.2) is 90.3 Å². The second-order valence-corrected chi connectivity index (χ2v) is 7.53. The Bertz CT molecular complexity index is 732. The fourth-order valence-corrected chi connectivity index (χ4v) is 2.79.